The fourth-order valence-electron chi connectivity index (χ4n) is 1.98. The number of methoxy groups -OCH3 is 1. The summed E-state index contributed by atoms with van der Waals surface area (Å²) >= 11 is 0. The molecule has 0 radical (unpaired) electrons. The Labute approximate surface area is 122 Å². The van der Waals surface area contributed by atoms with E-state index in [4.69, 9.17) is 4.74 Å². The number of hydrogen-bond acceptors (Lipinski definition) is 3. The first-order valence-electron chi connectivity index (χ1n) is 6.75. The topological polar surface area (TPSA) is 56.1 Å². The van der Waals surface area contributed by atoms with Gasteiger partial charge in [-0.15, -0.1) is 0 Å². The number of carbonyl (C=O) groups is 1. The molecule has 0 bridgehead atoms. The number of benzene rings is 1. The molecule has 6 heteroatoms. The van der Waals surface area contributed by atoms with Crippen molar-refractivity contribution in [2.45, 2.75) is 19.4 Å². The zero-order chi connectivity index (χ0) is 15.2. The van der Waals surface area contributed by atoms with E-state index in [2.05, 4.69) is 10.4 Å². The standard InChI is InChI=1S/C15H18FN3O2/c1-3-12(10-21-2)18-15(20)11-5-6-14(13(16)9-11)19-8-4-7-17-19/h4-9,12H,3,10H2,1-2H3,(H,18,20). The summed E-state index contributed by atoms with van der Waals surface area (Å²) in [4.78, 5) is 12.1. The van der Waals surface area contributed by atoms with E-state index in [9.17, 15) is 9.18 Å². The second kappa shape index (κ2) is 6.99. The van der Waals surface area contributed by atoms with Gasteiger partial charge in [0.1, 0.15) is 11.5 Å². The summed E-state index contributed by atoms with van der Waals surface area (Å²) in [5.74, 6) is -0.809. The summed E-state index contributed by atoms with van der Waals surface area (Å²) in [7, 11) is 1.58. The molecule has 0 aliphatic heterocycles. The molecule has 2 aromatic rings. The van der Waals surface area contributed by atoms with Gasteiger partial charge < -0.3 is 10.1 Å². The summed E-state index contributed by atoms with van der Waals surface area (Å²) < 4.78 is 20.5. The van der Waals surface area contributed by atoms with Crippen LogP contribution in [0.1, 0.15) is 23.7 Å². The van der Waals surface area contributed by atoms with Crippen LogP contribution in [0.15, 0.2) is 36.7 Å². The molecule has 112 valence electrons. The molecular formula is C15H18FN3O2. The molecule has 21 heavy (non-hydrogen) atoms. The van der Waals surface area contributed by atoms with E-state index in [1.807, 2.05) is 6.92 Å². The monoisotopic (exact) mass is 291 g/mol. The molecule has 1 N–H and O–H groups in total. The molecule has 5 nitrogen and oxygen atoms in total. The van der Waals surface area contributed by atoms with E-state index in [0.717, 1.165) is 6.42 Å². The van der Waals surface area contributed by atoms with Gasteiger partial charge in [0.2, 0.25) is 0 Å². The molecule has 1 amide bonds. The Balaban J connectivity index is 2.14. The molecule has 0 aliphatic rings. The Hall–Kier alpha value is -2.21. The van der Waals surface area contributed by atoms with Crippen molar-refractivity contribution in [3.8, 4) is 5.69 Å². The summed E-state index contributed by atoms with van der Waals surface area (Å²) in [5, 5.41) is 6.78. The van der Waals surface area contributed by atoms with Crippen molar-refractivity contribution < 1.29 is 13.9 Å². The van der Waals surface area contributed by atoms with Crippen LogP contribution in [-0.2, 0) is 4.74 Å². The van der Waals surface area contributed by atoms with Crippen molar-refractivity contribution in [2.75, 3.05) is 13.7 Å². The second-order valence-corrected chi connectivity index (χ2v) is 4.65. The van der Waals surface area contributed by atoms with E-state index in [1.165, 1.54) is 16.8 Å². The minimum Gasteiger partial charge on any atom is -0.383 e. The molecule has 0 saturated carbocycles. The molecule has 0 saturated heterocycles. The molecule has 1 atom stereocenters. The van der Waals surface area contributed by atoms with Crippen LogP contribution < -0.4 is 5.32 Å². The van der Waals surface area contributed by atoms with Gasteiger partial charge in [-0.1, -0.05) is 6.92 Å². The highest BCUT2D eigenvalue weighted by Crippen LogP contribution is 2.14. The fraction of sp³-hybridized carbons (Fsp3) is 0.333. The number of hydrogen-bond donors (Lipinski definition) is 1. The molecule has 0 aliphatic carbocycles. The van der Waals surface area contributed by atoms with Crippen molar-refractivity contribution in [3.05, 3.63) is 48.0 Å². The maximum absolute atomic E-state index is 14.1. The van der Waals surface area contributed by atoms with Gasteiger partial charge in [0.05, 0.1) is 12.6 Å². The van der Waals surface area contributed by atoms with Crippen molar-refractivity contribution in [2.24, 2.45) is 0 Å². The Morgan fingerprint density at radius 3 is 2.90 bits per heavy atom. The third-order valence-electron chi connectivity index (χ3n) is 3.16. The Bertz CT molecular complexity index is 599. The molecule has 1 aromatic carbocycles. The number of ether oxygens (including phenoxy) is 1. The Morgan fingerprint density at radius 2 is 2.33 bits per heavy atom. The summed E-state index contributed by atoms with van der Waals surface area (Å²) in [6.07, 6.45) is 3.95. The summed E-state index contributed by atoms with van der Waals surface area (Å²) in [5.41, 5.74) is 0.582. The Kier molecular flexibility index (Phi) is 5.05. The number of amides is 1. The van der Waals surface area contributed by atoms with Crippen LogP contribution in [0.25, 0.3) is 5.69 Å². The van der Waals surface area contributed by atoms with E-state index in [1.54, 1.807) is 31.6 Å². The van der Waals surface area contributed by atoms with E-state index < -0.39 is 5.82 Å². The lowest BCUT2D eigenvalue weighted by molar-refractivity contribution is 0.0894. The van der Waals surface area contributed by atoms with Gasteiger partial charge in [-0.2, -0.15) is 5.10 Å². The van der Waals surface area contributed by atoms with Crippen molar-refractivity contribution in [3.63, 3.8) is 0 Å². The smallest absolute Gasteiger partial charge is 0.251 e. The van der Waals surface area contributed by atoms with Crippen LogP contribution in [0.4, 0.5) is 4.39 Å². The maximum atomic E-state index is 14.1. The molecular weight excluding hydrogens is 273 g/mol. The third-order valence-corrected chi connectivity index (χ3v) is 3.16. The van der Waals surface area contributed by atoms with Gasteiger partial charge in [-0.3, -0.25) is 4.79 Å². The zero-order valence-corrected chi connectivity index (χ0v) is 12.0. The largest absolute Gasteiger partial charge is 0.383 e. The van der Waals surface area contributed by atoms with Crippen LogP contribution in [0.2, 0.25) is 0 Å². The molecule has 1 heterocycles. The van der Waals surface area contributed by atoms with Crippen LogP contribution in [0.3, 0.4) is 0 Å². The average molecular weight is 291 g/mol. The Morgan fingerprint density at radius 1 is 1.52 bits per heavy atom. The van der Waals surface area contributed by atoms with Crippen molar-refractivity contribution in [1.29, 1.82) is 0 Å². The van der Waals surface area contributed by atoms with Crippen molar-refractivity contribution in [1.82, 2.24) is 15.1 Å². The third kappa shape index (κ3) is 3.66. The van der Waals surface area contributed by atoms with E-state index in [-0.39, 0.29) is 17.5 Å². The first kappa shape index (κ1) is 15.2. The highest BCUT2D eigenvalue weighted by Gasteiger charge is 2.14. The van der Waals surface area contributed by atoms with E-state index in [0.29, 0.717) is 12.3 Å². The molecule has 2 rings (SSSR count). The van der Waals surface area contributed by atoms with Gasteiger partial charge in [-0.25, -0.2) is 9.07 Å². The van der Waals surface area contributed by atoms with Gasteiger partial charge in [0.25, 0.3) is 5.91 Å². The maximum Gasteiger partial charge on any atom is 0.251 e. The lowest BCUT2D eigenvalue weighted by Gasteiger charge is -2.16. The lowest BCUT2D eigenvalue weighted by Crippen LogP contribution is -2.37. The van der Waals surface area contributed by atoms with Crippen LogP contribution >= 0.6 is 0 Å². The number of nitrogens with one attached hydrogen (secondary N) is 1. The predicted octanol–water partition coefficient (Wildman–Crippen LogP) is 2.17. The molecule has 1 unspecified atom stereocenters. The lowest BCUT2D eigenvalue weighted by atomic mass is 10.1. The van der Waals surface area contributed by atoms with Gasteiger partial charge >= 0.3 is 0 Å². The predicted molar refractivity (Wildman–Crippen MR) is 76.9 cm³/mol. The minimum absolute atomic E-state index is 0.0867. The minimum atomic E-state index is -0.494. The SMILES string of the molecule is CCC(COC)NC(=O)c1ccc(-n2cccn2)c(F)c1. The normalized spacial score (nSPS) is 12.1. The molecule has 0 spiro atoms. The van der Waals surface area contributed by atoms with Gasteiger partial charge in [0, 0.05) is 25.1 Å². The van der Waals surface area contributed by atoms with Crippen LogP contribution in [-0.4, -0.2) is 35.4 Å². The first-order valence-corrected chi connectivity index (χ1v) is 6.75. The quantitative estimate of drug-likeness (QED) is 0.887. The van der Waals surface area contributed by atoms with Gasteiger partial charge in [-0.05, 0) is 30.7 Å². The summed E-state index contributed by atoms with van der Waals surface area (Å²) in [6, 6.07) is 5.95. The number of aromatic nitrogens is 2. The molecule has 1 aromatic heterocycles. The number of halogens is 1. The second-order valence-electron chi connectivity index (χ2n) is 4.65. The number of rotatable bonds is 6. The highest BCUT2D eigenvalue weighted by atomic mass is 19.1. The van der Waals surface area contributed by atoms with Gasteiger partial charge in [0.15, 0.2) is 0 Å². The average Bonchev–Trinajstić information content (AvgIpc) is 3.00. The molecule has 0 fully saturated rings. The number of carbonyl (C=O) groups excluding carboxylic acids is 1. The highest BCUT2D eigenvalue weighted by molar-refractivity contribution is 5.94. The van der Waals surface area contributed by atoms with Crippen molar-refractivity contribution >= 4 is 5.91 Å². The fourth-order valence-corrected chi connectivity index (χ4v) is 1.98. The zero-order valence-electron chi connectivity index (χ0n) is 12.0. The number of nitrogens with zero attached hydrogens (tertiary/aromatic N) is 2. The van der Waals surface area contributed by atoms with Crippen LogP contribution in [0, 0.1) is 5.82 Å². The first-order chi connectivity index (χ1) is 10.2. The van der Waals surface area contributed by atoms with Crippen LogP contribution in [0.5, 0.6) is 0 Å². The van der Waals surface area contributed by atoms with E-state index >= 15 is 0 Å². The summed E-state index contributed by atoms with van der Waals surface area (Å²) in [6.45, 7) is 2.38.